The van der Waals surface area contributed by atoms with E-state index in [1.54, 1.807) is 47.8 Å². The second-order valence-electron chi connectivity index (χ2n) is 6.12. The van der Waals surface area contributed by atoms with Crippen molar-refractivity contribution in [1.29, 1.82) is 0 Å². The second-order valence-corrected chi connectivity index (χ2v) is 6.12. The van der Waals surface area contributed by atoms with Gasteiger partial charge in [-0.15, -0.1) is 6.58 Å². The fourth-order valence-electron chi connectivity index (χ4n) is 2.48. The molecule has 5 heteroatoms. The summed E-state index contributed by atoms with van der Waals surface area (Å²) >= 11 is 0. The van der Waals surface area contributed by atoms with E-state index in [0.717, 1.165) is 0 Å². The molecule has 1 unspecified atom stereocenters. The van der Waals surface area contributed by atoms with Crippen LogP contribution in [0.5, 0.6) is 0 Å². The van der Waals surface area contributed by atoms with E-state index >= 15 is 0 Å². The van der Waals surface area contributed by atoms with E-state index in [1.165, 1.54) is 0 Å². The Balaban J connectivity index is 3.11. The maximum atomic E-state index is 11.9. The van der Waals surface area contributed by atoms with Gasteiger partial charge < -0.3 is 19.3 Å². The zero-order chi connectivity index (χ0) is 16.4. The molecule has 0 radical (unpaired) electrons. The van der Waals surface area contributed by atoms with Gasteiger partial charge >= 0.3 is 5.97 Å². The van der Waals surface area contributed by atoms with Gasteiger partial charge in [0, 0.05) is 26.9 Å². The van der Waals surface area contributed by atoms with Crippen molar-refractivity contribution in [1.82, 2.24) is 0 Å². The fourth-order valence-corrected chi connectivity index (χ4v) is 2.48. The third kappa shape index (κ3) is 3.66. The van der Waals surface area contributed by atoms with Crippen molar-refractivity contribution < 1.29 is 24.1 Å². The number of carbonyl (C=O) groups excluding carboxylic acids is 1. The summed E-state index contributed by atoms with van der Waals surface area (Å²) in [5.74, 6) is -1.44. The molecule has 1 N–H and O–H groups in total. The van der Waals surface area contributed by atoms with Gasteiger partial charge in [-0.25, -0.2) is 4.79 Å². The molecule has 0 aromatic heterocycles. The Kier molecular flexibility index (Phi) is 5.23. The van der Waals surface area contributed by atoms with E-state index in [4.69, 9.17) is 14.2 Å². The fraction of sp³-hybridized carbons (Fsp3) is 0.688. The van der Waals surface area contributed by atoms with Crippen molar-refractivity contribution in [2.24, 2.45) is 5.92 Å². The van der Waals surface area contributed by atoms with Crippen LogP contribution in [-0.4, -0.2) is 35.7 Å². The van der Waals surface area contributed by atoms with Gasteiger partial charge in [-0.2, -0.15) is 0 Å². The van der Waals surface area contributed by atoms with Gasteiger partial charge in [0.15, 0.2) is 0 Å². The van der Waals surface area contributed by atoms with Crippen LogP contribution < -0.4 is 0 Å². The van der Waals surface area contributed by atoms with Crippen molar-refractivity contribution in [3.05, 3.63) is 24.0 Å². The molecule has 0 aromatic rings. The van der Waals surface area contributed by atoms with Crippen LogP contribution in [0.3, 0.4) is 0 Å². The van der Waals surface area contributed by atoms with Gasteiger partial charge in [0.1, 0.15) is 5.76 Å². The predicted molar refractivity (Wildman–Crippen MR) is 79.4 cm³/mol. The van der Waals surface area contributed by atoms with Crippen LogP contribution >= 0.6 is 0 Å². The first kappa shape index (κ1) is 17.7. The van der Waals surface area contributed by atoms with Gasteiger partial charge in [-0.1, -0.05) is 13.0 Å². The van der Waals surface area contributed by atoms with Gasteiger partial charge in [-0.3, -0.25) is 0 Å². The summed E-state index contributed by atoms with van der Waals surface area (Å²) in [7, 11) is 1.54. The van der Waals surface area contributed by atoms with E-state index in [2.05, 4.69) is 6.58 Å². The molecule has 0 bridgehead atoms. The summed E-state index contributed by atoms with van der Waals surface area (Å²) in [6.45, 7) is 12.3. The third-order valence-electron chi connectivity index (χ3n) is 3.90. The molecule has 0 aliphatic carbocycles. The molecular weight excluding hydrogens is 272 g/mol. The highest BCUT2D eigenvalue weighted by Gasteiger charge is 2.42. The van der Waals surface area contributed by atoms with E-state index in [1.807, 2.05) is 0 Å². The average molecular weight is 298 g/mol. The van der Waals surface area contributed by atoms with Crippen LogP contribution in [0.4, 0.5) is 0 Å². The number of hydrogen-bond donors (Lipinski definition) is 1. The highest BCUT2D eigenvalue weighted by Crippen LogP contribution is 2.36. The van der Waals surface area contributed by atoms with Crippen molar-refractivity contribution in [2.75, 3.05) is 7.11 Å². The largest absolute Gasteiger partial charge is 0.456 e. The van der Waals surface area contributed by atoms with Gasteiger partial charge in [0.25, 0.3) is 0 Å². The number of hydrogen-bond acceptors (Lipinski definition) is 5. The van der Waals surface area contributed by atoms with E-state index in [-0.39, 0.29) is 0 Å². The first-order valence-electron chi connectivity index (χ1n) is 7.05. The zero-order valence-corrected chi connectivity index (χ0v) is 13.7. The highest BCUT2D eigenvalue weighted by atomic mass is 16.7. The lowest BCUT2D eigenvalue weighted by atomic mass is 9.84. The normalized spacial score (nSPS) is 23.7. The number of rotatable bonds is 6. The number of cyclic esters (lactones) is 1. The lowest BCUT2D eigenvalue weighted by Gasteiger charge is -2.40. The molecule has 21 heavy (non-hydrogen) atoms. The molecule has 5 nitrogen and oxygen atoms in total. The Morgan fingerprint density at radius 1 is 1.48 bits per heavy atom. The van der Waals surface area contributed by atoms with Crippen molar-refractivity contribution in [3.63, 3.8) is 0 Å². The molecule has 0 spiro atoms. The minimum Gasteiger partial charge on any atom is -0.456 e. The van der Waals surface area contributed by atoms with E-state index < -0.39 is 29.4 Å². The number of ether oxygens (including phenoxy) is 3. The minimum absolute atomic E-state index is 0.373. The molecule has 0 amide bonds. The van der Waals surface area contributed by atoms with Crippen molar-refractivity contribution in [2.45, 2.75) is 58.5 Å². The number of methoxy groups -OCH3 is 1. The predicted octanol–water partition coefficient (Wildman–Crippen LogP) is 2.55. The number of carbonyl (C=O) groups is 1. The molecule has 0 fully saturated rings. The monoisotopic (exact) mass is 298 g/mol. The van der Waals surface area contributed by atoms with Crippen LogP contribution in [0, 0.1) is 5.92 Å². The Morgan fingerprint density at radius 3 is 2.52 bits per heavy atom. The maximum Gasteiger partial charge on any atom is 0.340 e. The first-order valence-corrected chi connectivity index (χ1v) is 7.05. The second kappa shape index (κ2) is 6.20. The van der Waals surface area contributed by atoms with Gasteiger partial charge in [0.2, 0.25) is 5.79 Å². The number of aliphatic hydroxyl groups is 1. The number of aliphatic hydroxyl groups excluding tert-OH is 1. The molecule has 1 rings (SSSR count). The molecule has 120 valence electrons. The van der Waals surface area contributed by atoms with Crippen molar-refractivity contribution >= 4 is 5.97 Å². The van der Waals surface area contributed by atoms with Crippen LogP contribution in [0.1, 0.15) is 41.0 Å². The molecular formula is C16H26O5. The Hall–Kier alpha value is -1.33. The topological polar surface area (TPSA) is 65.0 Å². The summed E-state index contributed by atoms with van der Waals surface area (Å²) in [5, 5.41) is 10.7. The molecule has 0 saturated heterocycles. The van der Waals surface area contributed by atoms with Crippen molar-refractivity contribution in [3.8, 4) is 0 Å². The summed E-state index contributed by atoms with van der Waals surface area (Å²) < 4.78 is 16.4. The lowest BCUT2D eigenvalue weighted by Crippen LogP contribution is -2.47. The van der Waals surface area contributed by atoms with Gasteiger partial charge in [-0.05, 0) is 20.3 Å². The van der Waals surface area contributed by atoms with E-state index in [9.17, 15) is 9.90 Å². The van der Waals surface area contributed by atoms with Crippen LogP contribution in [0.25, 0.3) is 0 Å². The lowest BCUT2D eigenvalue weighted by molar-refractivity contribution is -0.215. The summed E-state index contributed by atoms with van der Waals surface area (Å²) in [6, 6.07) is 0. The SMILES string of the molecule is C=CC[C@@](C)(OC)[C@H](O)C(C)C1=C(C)C(=O)OC(C)(C)O1. The molecule has 1 heterocycles. The third-order valence-corrected chi connectivity index (χ3v) is 3.90. The Labute approximate surface area is 126 Å². The van der Waals surface area contributed by atoms with Gasteiger partial charge in [0.05, 0.1) is 17.3 Å². The molecule has 1 aliphatic rings. The minimum atomic E-state index is -1.04. The maximum absolute atomic E-state index is 11.9. The first-order chi connectivity index (χ1) is 9.58. The smallest absolute Gasteiger partial charge is 0.340 e. The Morgan fingerprint density at radius 2 is 2.05 bits per heavy atom. The number of esters is 1. The molecule has 0 aromatic carbocycles. The van der Waals surface area contributed by atoms with Crippen LogP contribution in [-0.2, 0) is 19.0 Å². The van der Waals surface area contributed by atoms with Crippen LogP contribution in [0.15, 0.2) is 24.0 Å². The Bertz CT molecular complexity index is 452. The molecule has 0 saturated carbocycles. The summed E-state index contributed by atoms with van der Waals surface area (Å²) in [6.07, 6.45) is 1.32. The standard InChI is InChI=1S/C16H26O5/c1-8-9-16(6,19-7)13(17)10(2)12-11(3)14(18)21-15(4,5)20-12/h8,10,13,17H,1,9H2,2-7H3/t10?,13-,16-/m1/s1. The highest BCUT2D eigenvalue weighted by molar-refractivity contribution is 5.89. The molecule has 1 aliphatic heterocycles. The summed E-state index contributed by atoms with van der Waals surface area (Å²) in [4.78, 5) is 11.9. The molecule has 3 atom stereocenters. The van der Waals surface area contributed by atoms with E-state index in [0.29, 0.717) is 17.8 Å². The quantitative estimate of drug-likeness (QED) is 0.603. The zero-order valence-electron chi connectivity index (χ0n) is 13.7. The average Bonchev–Trinajstić information content (AvgIpc) is 2.40. The summed E-state index contributed by atoms with van der Waals surface area (Å²) in [5.41, 5.74) is -0.429. The van der Waals surface area contributed by atoms with Crippen LogP contribution in [0.2, 0.25) is 0 Å².